The molecule has 0 amide bonds. The number of hydrogen-bond acceptors (Lipinski definition) is 2. The Kier molecular flexibility index (Phi) is 7.71. The molecule has 0 aromatic heterocycles. The van der Waals surface area contributed by atoms with Crippen molar-refractivity contribution in [2.75, 3.05) is 16.8 Å². The lowest BCUT2D eigenvalue weighted by Gasteiger charge is -2.29. The molecule has 2 heteroatoms. The van der Waals surface area contributed by atoms with Gasteiger partial charge in [0.2, 0.25) is 0 Å². The van der Waals surface area contributed by atoms with Crippen molar-refractivity contribution in [2.45, 2.75) is 12.8 Å². The predicted molar refractivity (Wildman–Crippen MR) is 216 cm³/mol. The second-order valence-corrected chi connectivity index (χ2v) is 13.4. The Morgan fingerprint density at radius 1 is 0.373 bits per heavy atom. The topological polar surface area (TPSA) is 6.48 Å². The molecule has 0 aliphatic heterocycles. The molecule has 0 heterocycles. The third-order valence-electron chi connectivity index (χ3n) is 10.5. The summed E-state index contributed by atoms with van der Waals surface area (Å²) >= 11 is 0. The second kappa shape index (κ2) is 12.8. The fraction of sp³-hybridized carbons (Fsp3) is 0.0612. The van der Waals surface area contributed by atoms with E-state index in [-0.39, 0.29) is 5.92 Å². The van der Waals surface area contributed by atoms with Crippen LogP contribution in [-0.2, 0) is 0 Å². The van der Waals surface area contributed by atoms with Gasteiger partial charge in [-0.1, -0.05) is 140 Å². The Labute approximate surface area is 300 Å². The van der Waals surface area contributed by atoms with Crippen LogP contribution in [0.5, 0.6) is 0 Å². The van der Waals surface area contributed by atoms with Gasteiger partial charge in [0.05, 0.1) is 5.69 Å². The molecule has 1 aliphatic rings. The first-order valence-electron chi connectivity index (χ1n) is 17.7. The molecule has 0 N–H and O–H groups in total. The van der Waals surface area contributed by atoms with Crippen LogP contribution in [0.3, 0.4) is 0 Å². The van der Waals surface area contributed by atoms with Crippen LogP contribution in [0.15, 0.2) is 188 Å². The van der Waals surface area contributed by atoms with Crippen LogP contribution in [0.4, 0.5) is 28.4 Å². The maximum atomic E-state index is 2.44. The monoisotopic (exact) mass is 654 g/mol. The molecule has 0 spiro atoms. The molecule has 0 unspecified atom stereocenters. The number of fused-ring (bicyclic) bond motifs is 4. The number of hydrogen-bond donors (Lipinski definition) is 0. The van der Waals surface area contributed by atoms with Crippen molar-refractivity contribution in [1.29, 1.82) is 0 Å². The Morgan fingerprint density at radius 2 is 0.863 bits per heavy atom. The van der Waals surface area contributed by atoms with Gasteiger partial charge in [0.1, 0.15) is 0 Å². The van der Waals surface area contributed by atoms with Crippen molar-refractivity contribution in [2.24, 2.45) is 0 Å². The van der Waals surface area contributed by atoms with Gasteiger partial charge in [-0.15, -0.1) is 0 Å². The molecule has 0 fully saturated rings. The number of benzene rings is 8. The molecule has 0 atom stereocenters. The largest absolute Gasteiger partial charge is 0.344 e. The molecule has 1 aliphatic carbocycles. The predicted octanol–water partition coefficient (Wildman–Crippen LogP) is 13.2. The molecule has 51 heavy (non-hydrogen) atoms. The standard InChI is InChI=1S/C49H38N2/c1-34-17-9-10-22-38(34)41-32-31-37(33-46(41)49-44-25-13-11-23-39(44)40-24-12-14-26-45(40)49)50(2)47-29-15-28-43-42(47)27-16-30-48(43)51(35-18-5-3-6-19-35)36-20-7-4-8-21-36/h3-33,49H,1-2H3. The molecule has 0 radical (unpaired) electrons. The number of para-hydroxylation sites is 2. The third kappa shape index (κ3) is 5.28. The lowest BCUT2D eigenvalue weighted by molar-refractivity contribution is 1.01. The maximum absolute atomic E-state index is 2.44. The van der Waals surface area contributed by atoms with E-state index >= 15 is 0 Å². The third-order valence-corrected chi connectivity index (χ3v) is 10.5. The summed E-state index contributed by atoms with van der Waals surface area (Å²) in [7, 11) is 2.21. The minimum atomic E-state index is 0.129. The van der Waals surface area contributed by atoms with Crippen LogP contribution < -0.4 is 9.80 Å². The average Bonchev–Trinajstić information content (AvgIpc) is 3.53. The Balaban J connectivity index is 1.21. The van der Waals surface area contributed by atoms with Gasteiger partial charge in [-0.05, 0) is 100.0 Å². The van der Waals surface area contributed by atoms with E-state index < -0.39 is 0 Å². The van der Waals surface area contributed by atoms with Crippen molar-refractivity contribution in [1.82, 2.24) is 0 Å². The van der Waals surface area contributed by atoms with Crippen LogP contribution in [0.25, 0.3) is 33.0 Å². The van der Waals surface area contributed by atoms with Gasteiger partial charge in [-0.25, -0.2) is 0 Å². The number of anilines is 5. The van der Waals surface area contributed by atoms with E-state index in [1.165, 1.54) is 55.3 Å². The quantitative estimate of drug-likeness (QED) is 0.169. The summed E-state index contributed by atoms with van der Waals surface area (Å²) in [6.07, 6.45) is 0. The summed E-state index contributed by atoms with van der Waals surface area (Å²) in [4.78, 5) is 4.72. The van der Waals surface area contributed by atoms with Crippen molar-refractivity contribution in [3.8, 4) is 22.3 Å². The van der Waals surface area contributed by atoms with Gasteiger partial charge in [-0.3, -0.25) is 0 Å². The number of aryl methyl sites for hydroxylation is 1. The van der Waals surface area contributed by atoms with Gasteiger partial charge in [0.25, 0.3) is 0 Å². The zero-order valence-corrected chi connectivity index (χ0v) is 28.9. The smallest absolute Gasteiger partial charge is 0.0540 e. The van der Waals surface area contributed by atoms with E-state index in [1.54, 1.807) is 0 Å². The van der Waals surface area contributed by atoms with Gasteiger partial charge >= 0.3 is 0 Å². The highest BCUT2D eigenvalue weighted by molar-refractivity contribution is 6.05. The highest BCUT2D eigenvalue weighted by atomic mass is 15.1. The zero-order chi connectivity index (χ0) is 34.3. The lowest BCUT2D eigenvalue weighted by Crippen LogP contribution is -2.13. The van der Waals surface area contributed by atoms with Gasteiger partial charge in [0.15, 0.2) is 0 Å². The number of rotatable bonds is 7. The molecule has 8 aromatic carbocycles. The van der Waals surface area contributed by atoms with Gasteiger partial charge < -0.3 is 9.80 Å². The average molecular weight is 655 g/mol. The molecule has 0 saturated carbocycles. The highest BCUT2D eigenvalue weighted by Gasteiger charge is 2.32. The molecule has 244 valence electrons. The van der Waals surface area contributed by atoms with E-state index in [4.69, 9.17) is 0 Å². The second-order valence-electron chi connectivity index (χ2n) is 13.4. The number of nitrogens with zero attached hydrogens (tertiary/aromatic N) is 2. The van der Waals surface area contributed by atoms with Crippen molar-refractivity contribution < 1.29 is 0 Å². The first kappa shape index (κ1) is 30.7. The normalized spacial score (nSPS) is 12.0. The summed E-state index contributed by atoms with van der Waals surface area (Å²) < 4.78 is 0. The van der Waals surface area contributed by atoms with Gasteiger partial charge in [0, 0.05) is 46.5 Å². The van der Waals surface area contributed by atoms with E-state index in [2.05, 4.69) is 212 Å². The minimum absolute atomic E-state index is 0.129. The highest BCUT2D eigenvalue weighted by Crippen LogP contribution is 2.51. The molecular weight excluding hydrogens is 617 g/mol. The zero-order valence-electron chi connectivity index (χ0n) is 28.9. The van der Waals surface area contributed by atoms with Crippen LogP contribution in [-0.4, -0.2) is 7.05 Å². The molecule has 2 nitrogen and oxygen atoms in total. The Bertz CT molecular complexity index is 2430. The Hall–Kier alpha value is -6.38. The Morgan fingerprint density at radius 3 is 1.47 bits per heavy atom. The van der Waals surface area contributed by atoms with Crippen LogP contribution in [0.2, 0.25) is 0 Å². The molecular formula is C49H38N2. The van der Waals surface area contributed by atoms with Crippen molar-refractivity contribution >= 4 is 39.2 Å². The lowest BCUT2D eigenvalue weighted by atomic mass is 9.83. The van der Waals surface area contributed by atoms with E-state index in [0.717, 1.165) is 28.4 Å². The fourth-order valence-electron chi connectivity index (χ4n) is 8.09. The maximum Gasteiger partial charge on any atom is 0.0540 e. The first-order valence-corrected chi connectivity index (χ1v) is 17.7. The summed E-state index contributed by atoms with van der Waals surface area (Å²) in [6, 6.07) is 68.4. The van der Waals surface area contributed by atoms with E-state index in [9.17, 15) is 0 Å². The van der Waals surface area contributed by atoms with Gasteiger partial charge in [-0.2, -0.15) is 0 Å². The first-order chi connectivity index (χ1) is 25.2. The summed E-state index contributed by atoms with van der Waals surface area (Å²) in [5, 5.41) is 2.40. The molecule has 0 bridgehead atoms. The van der Waals surface area contributed by atoms with Crippen molar-refractivity contribution in [3.63, 3.8) is 0 Å². The van der Waals surface area contributed by atoms with Crippen molar-refractivity contribution in [3.05, 3.63) is 210 Å². The molecule has 8 aromatic rings. The van der Waals surface area contributed by atoms with Crippen LogP contribution in [0, 0.1) is 6.92 Å². The van der Waals surface area contributed by atoms with E-state index in [1.807, 2.05) is 0 Å². The van der Waals surface area contributed by atoms with Crippen LogP contribution >= 0.6 is 0 Å². The SMILES string of the molecule is Cc1ccccc1-c1ccc(N(C)c2cccc3c(N(c4ccccc4)c4ccccc4)cccc23)cc1C1c2ccccc2-c2ccccc21. The summed E-state index contributed by atoms with van der Waals surface area (Å²) in [5.74, 6) is 0.129. The molecule has 9 rings (SSSR count). The minimum Gasteiger partial charge on any atom is -0.344 e. The summed E-state index contributed by atoms with van der Waals surface area (Å²) in [6.45, 7) is 2.22. The summed E-state index contributed by atoms with van der Waals surface area (Å²) in [5.41, 5.74) is 16.3. The molecule has 0 saturated heterocycles. The van der Waals surface area contributed by atoms with Crippen LogP contribution in [0.1, 0.15) is 28.2 Å². The fourth-order valence-corrected chi connectivity index (χ4v) is 8.09. The van der Waals surface area contributed by atoms with E-state index in [0.29, 0.717) is 0 Å².